The summed E-state index contributed by atoms with van der Waals surface area (Å²) in [7, 11) is 0. The Morgan fingerprint density at radius 3 is 2.10 bits per heavy atom. The quantitative estimate of drug-likeness (QED) is 0.457. The maximum Gasteiger partial charge on any atom is 0.159 e. The van der Waals surface area contributed by atoms with Crippen LogP contribution in [0.25, 0.3) is 0 Å². The Kier molecular flexibility index (Phi) is 4.65. The van der Waals surface area contributed by atoms with E-state index in [4.69, 9.17) is 10.2 Å². The first kappa shape index (κ1) is 9.92. The summed E-state index contributed by atoms with van der Waals surface area (Å²) < 4.78 is 0. The highest BCUT2D eigenvalue weighted by Crippen LogP contribution is 2.11. The Labute approximate surface area is 62.9 Å². The summed E-state index contributed by atoms with van der Waals surface area (Å²) in [4.78, 5) is 0. The second-order valence-electron chi connectivity index (χ2n) is 3.03. The molecule has 0 heterocycles. The predicted molar refractivity (Wildman–Crippen MR) is 41.6 cm³/mol. The van der Waals surface area contributed by atoms with Gasteiger partial charge in [-0.05, 0) is 13.3 Å². The van der Waals surface area contributed by atoms with E-state index in [1.54, 1.807) is 0 Å². The van der Waals surface area contributed by atoms with Crippen LogP contribution in [0.15, 0.2) is 0 Å². The Morgan fingerprint density at radius 1 is 1.10 bits per heavy atom. The highest BCUT2D eigenvalue weighted by atomic mass is 16.5. The first-order valence-corrected chi connectivity index (χ1v) is 4.01. The molecule has 2 N–H and O–H groups in total. The lowest BCUT2D eigenvalue weighted by molar-refractivity contribution is -0.150. The third kappa shape index (κ3) is 7.92. The van der Waals surface area contributed by atoms with Gasteiger partial charge in [-0.3, -0.25) is 0 Å². The molecule has 0 atom stereocenters. The molecule has 62 valence electrons. The van der Waals surface area contributed by atoms with Crippen molar-refractivity contribution in [1.82, 2.24) is 0 Å². The van der Waals surface area contributed by atoms with Crippen molar-refractivity contribution in [2.75, 3.05) is 0 Å². The van der Waals surface area contributed by atoms with E-state index in [1.165, 1.54) is 19.8 Å². The second kappa shape index (κ2) is 4.69. The van der Waals surface area contributed by atoms with Gasteiger partial charge < -0.3 is 10.2 Å². The van der Waals surface area contributed by atoms with Crippen LogP contribution in [0.1, 0.15) is 46.0 Å². The molecule has 0 aliphatic heterocycles. The van der Waals surface area contributed by atoms with Gasteiger partial charge in [-0.1, -0.05) is 26.2 Å². The molecule has 0 aromatic carbocycles. The lowest BCUT2D eigenvalue weighted by Crippen LogP contribution is -2.22. The van der Waals surface area contributed by atoms with Crippen LogP contribution in [0.4, 0.5) is 0 Å². The number of unbranched alkanes of at least 4 members (excludes halogenated alkanes) is 3. The number of hydrogen-bond acceptors (Lipinski definition) is 2. The summed E-state index contributed by atoms with van der Waals surface area (Å²) in [5.41, 5.74) is 0. The molecular weight excluding hydrogens is 128 g/mol. The second-order valence-corrected chi connectivity index (χ2v) is 3.03. The van der Waals surface area contributed by atoms with Gasteiger partial charge in [-0.25, -0.2) is 0 Å². The molecule has 0 saturated heterocycles. The van der Waals surface area contributed by atoms with Crippen LogP contribution in [-0.4, -0.2) is 16.0 Å². The molecule has 0 aromatic heterocycles. The molecule has 0 amide bonds. The Hall–Kier alpha value is -0.0800. The van der Waals surface area contributed by atoms with Gasteiger partial charge in [0, 0.05) is 6.42 Å². The van der Waals surface area contributed by atoms with Crippen LogP contribution in [-0.2, 0) is 0 Å². The van der Waals surface area contributed by atoms with Crippen molar-refractivity contribution in [2.45, 2.75) is 51.7 Å². The summed E-state index contributed by atoms with van der Waals surface area (Å²) in [6.45, 7) is 3.57. The summed E-state index contributed by atoms with van der Waals surface area (Å²) in [5, 5.41) is 17.7. The molecule has 0 bridgehead atoms. The zero-order chi connectivity index (χ0) is 8.04. The number of aliphatic hydroxyl groups is 2. The summed E-state index contributed by atoms with van der Waals surface area (Å²) >= 11 is 0. The van der Waals surface area contributed by atoms with E-state index in [-0.39, 0.29) is 0 Å². The fourth-order valence-electron chi connectivity index (χ4n) is 0.887. The normalized spacial score (nSPS) is 12.0. The Bertz CT molecular complexity index is 73.8. The summed E-state index contributed by atoms with van der Waals surface area (Å²) in [6, 6.07) is 0. The first-order valence-electron chi connectivity index (χ1n) is 4.01. The predicted octanol–water partition coefficient (Wildman–Crippen LogP) is 1.66. The zero-order valence-electron chi connectivity index (χ0n) is 6.93. The zero-order valence-corrected chi connectivity index (χ0v) is 6.93. The molecule has 0 aliphatic rings. The molecule has 0 unspecified atom stereocenters. The van der Waals surface area contributed by atoms with E-state index < -0.39 is 5.79 Å². The summed E-state index contributed by atoms with van der Waals surface area (Å²) in [6.07, 6.45) is 4.89. The topological polar surface area (TPSA) is 40.5 Å². The third-order valence-electron chi connectivity index (χ3n) is 1.50. The van der Waals surface area contributed by atoms with E-state index in [1.807, 2.05) is 0 Å². The van der Waals surface area contributed by atoms with Crippen molar-refractivity contribution < 1.29 is 10.2 Å². The minimum absolute atomic E-state index is 0.493. The van der Waals surface area contributed by atoms with Crippen LogP contribution in [0.5, 0.6) is 0 Å². The van der Waals surface area contributed by atoms with Crippen LogP contribution < -0.4 is 0 Å². The fraction of sp³-hybridized carbons (Fsp3) is 1.00. The van der Waals surface area contributed by atoms with Gasteiger partial charge in [-0.15, -0.1) is 0 Å². The fourth-order valence-corrected chi connectivity index (χ4v) is 0.887. The SMILES string of the molecule is CCCCCCC(C)(O)O. The van der Waals surface area contributed by atoms with Gasteiger partial charge in [0.1, 0.15) is 0 Å². The molecular formula is C8H18O2. The Balaban J connectivity index is 3.04. The number of hydrogen-bond donors (Lipinski definition) is 2. The smallest absolute Gasteiger partial charge is 0.159 e. The van der Waals surface area contributed by atoms with Crippen LogP contribution in [0, 0.1) is 0 Å². The van der Waals surface area contributed by atoms with Gasteiger partial charge in [0.2, 0.25) is 0 Å². The molecule has 0 aromatic rings. The first-order chi connectivity index (χ1) is 4.56. The highest BCUT2D eigenvalue weighted by Gasteiger charge is 2.12. The van der Waals surface area contributed by atoms with Crippen LogP contribution in [0.2, 0.25) is 0 Å². The van der Waals surface area contributed by atoms with E-state index in [0.29, 0.717) is 6.42 Å². The molecule has 10 heavy (non-hydrogen) atoms. The Morgan fingerprint density at radius 2 is 1.70 bits per heavy atom. The van der Waals surface area contributed by atoms with Gasteiger partial charge in [-0.2, -0.15) is 0 Å². The summed E-state index contributed by atoms with van der Waals surface area (Å²) in [5.74, 6) is -1.45. The van der Waals surface area contributed by atoms with E-state index in [2.05, 4.69) is 6.92 Å². The van der Waals surface area contributed by atoms with Gasteiger partial charge >= 0.3 is 0 Å². The van der Waals surface area contributed by atoms with Crippen molar-refractivity contribution in [3.05, 3.63) is 0 Å². The van der Waals surface area contributed by atoms with E-state index in [9.17, 15) is 0 Å². The largest absolute Gasteiger partial charge is 0.366 e. The molecule has 2 heteroatoms. The van der Waals surface area contributed by atoms with Crippen molar-refractivity contribution >= 4 is 0 Å². The molecule has 0 saturated carbocycles. The highest BCUT2D eigenvalue weighted by molar-refractivity contribution is 4.55. The third-order valence-corrected chi connectivity index (χ3v) is 1.50. The van der Waals surface area contributed by atoms with Crippen molar-refractivity contribution in [1.29, 1.82) is 0 Å². The van der Waals surface area contributed by atoms with Crippen LogP contribution >= 0.6 is 0 Å². The van der Waals surface area contributed by atoms with Gasteiger partial charge in [0.25, 0.3) is 0 Å². The molecule has 0 rings (SSSR count). The van der Waals surface area contributed by atoms with Crippen molar-refractivity contribution in [3.8, 4) is 0 Å². The van der Waals surface area contributed by atoms with Gasteiger partial charge in [0.05, 0.1) is 0 Å². The molecule has 2 nitrogen and oxygen atoms in total. The standard InChI is InChI=1S/C8H18O2/c1-3-4-5-6-7-8(2,9)10/h9-10H,3-7H2,1-2H3. The maximum absolute atomic E-state index is 8.87. The van der Waals surface area contributed by atoms with E-state index in [0.717, 1.165) is 12.8 Å². The maximum atomic E-state index is 8.87. The average molecular weight is 146 g/mol. The minimum atomic E-state index is -1.45. The van der Waals surface area contributed by atoms with Crippen molar-refractivity contribution in [2.24, 2.45) is 0 Å². The average Bonchev–Trinajstić information content (AvgIpc) is 1.78. The number of rotatable bonds is 5. The molecule has 0 radical (unpaired) electrons. The van der Waals surface area contributed by atoms with Gasteiger partial charge in [0.15, 0.2) is 5.79 Å². The molecule has 0 spiro atoms. The van der Waals surface area contributed by atoms with Crippen LogP contribution in [0.3, 0.4) is 0 Å². The van der Waals surface area contributed by atoms with Crippen molar-refractivity contribution in [3.63, 3.8) is 0 Å². The molecule has 0 aliphatic carbocycles. The lowest BCUT2D eigenvalue weighted by atomic mass is 10.1. The molecule has 0 fully saturated rings. The van der Waals surface area contributed by atoms with E-state index >= 15 is 0 Å². The minimum Gasteiger partial charge on any atom is -0.366 e. The lowest BCUT2D eigenvalue weighted by Gasteiger charge is -2.14. The monoisotopic (exact) mass is 146 g/mol.